The highest BCUT2D eigenvalue weighted by Gasteiger charge is 2.32. The van der Waals surface area contributed by atoms with Crippen LogP contribution >= 0.6 is 0 Å². The predicted octanol–water partition coefficient (Wildman–Crippen LogP) is 1.16. The van der Waals surface area contributed by atoms with Gasteiger partial charge in [-0.15, -0.1) is 0 Å². The summed E-state index contributed by atoms with van der Waals surface area (Å²) in [5.74, 6) is -0.0739. The summed E-state index contributed by atoms with van der Waals surface area (Å²) in [7, 11) is 0. The minimum atomic E-state index is -0.0739. The van der Waals surface area contributed by atoms with Gasteiger partial charge < -0.3 is 10.1 Å². The summed E-state index contributed by atoms with van der Waals surface area (Å²) >= 11 is 0. The molecule has 0 aromatic carbocycles. The molecule has 1 atom stereocenters. The Labute approximate surface area is 104 Å². The molecule has 2 rings (SSSR count). The molecule has 2 fully saturated rings. The monoisotopic (exact) mass is 240 g/mol. The summed E-state index contributed by atoms with van der Waals surface area (Å²) in [5, 5.41) is 3.54. The van der Waals surface area contributed by atoms with Crippen LogP contribution < -0.4 is 5.32 Å². The Bertz CT molecular complexity index is 248. The molecule has 4 heteroatoms. The van der Waals surface area contributed by atoms with Gasteiger partial charge in [0.25, 0.3) is 0 Å². The highest BCUT2D eigenvalue weighted by Crippen LogP contribution is 2.27. The second-order valence-corrected chi connectivity index (χ2v) is 5.11. The lowest BCUT2D eigenvalue weighted by Crippen LogP contribution is -2.46. The summed E-state index contributed by atoms with van der Waals surface area (Å²) in [4.78, 5) is 13.8. The van der Waals surface area contributed by atoms with E-state index in [4.69, 9.17) is 4.74 Å². The summed E-state index contributed by atoms with van der Waals surface area (Å²) in [6.45, 7) is 4.95. The Kier molecular flexibility index (Phi) is 4.80. The molecule has 0 aromatic heterocycles. The smallest absolute Gasteiger partial charge is 0.320 e. The normalized spacial score (nSPS) is 24.9. The first-order valence-electron chi connectivity index (χ1n) is 6.92. The van der Waals surface area contributed by atoms with Crippen LogP contribution in [0.3, 0.4) is 0 Å². The van der Waals surface area contributed by atoms with Gasteiger partial charge in [0, 0.05) is 18.6 Å². The number of piperidine rings is 1. The van der Waals surface area contributed by atoms with Gasteiger partial charge in [-0.3, -0.25) is 9.69 Å². The van der Waals surface area contributed by atoms with Crippen LogP contribution in [0.25, 0.3) is 0 Å². The summed E-state index contributed by atoms with van der Waals surface area (Å²) < 4.78 is 5.04. The molecule has 1 heterocycles. The third-order valence-electron chi connectivity index (χ3n) is 3.57. The van der Waals surface area contributed by atoms with Gasteiger partial charge in [-0.2, -0.15) is 0 Å². The van der Waals surface area contributed by atoms with E-state index in [1.165, 1.54) is 32.1 Å². The van der Waals surface area contributed by atoms with Crippen molar-refractivity contribution in [2.45, 2.75) is 51.1 Å². The van der Waals surface area contributed by atoms with Crippen LogP contribution in [0.2, 0.25) is 0 Å². The lowest BCUT2D eigenvalue weighted by atomic mass is 10.0. The van der Waals surface area contributed by atoms with Gasteiger partial charge in [-0.25, -0.2) is 0 Å². The molecule has 0 bridgehead atoms. The van der Waals surface area contributed by atoms with E-state index in [2.05, 4.69) is 10.2 Å². The van der Waals surface area contributed by atoms with Crippen molar-refractivity contribution < 1.29 is 9.53 Å². The van der Waals surface area contributed by atoms with E-state index >= 15 is 0 Å². The van der Waals surface area contributed by atoms with E-state index < -0.39 is 0 Å². The van der Waals surface area contributed by atoms with Crippen LogP contribution in [-0.4, -0.2) is 49.2 Å². The van der Waals surface area contributed by atoms with E-state index in [1.807, 2.05) is 6.92 Å². The first kappa shape index (κ1) is 12.8. The Morgan fingerprint density at radius 3 is 2.76 bits per heavy atom. The summed E-state index contributed by atoms with van der Waals surface area (Å²) in [5.41, 5.74) is 0. The number of carbonyl (C=O) groups is 1. The van der Waals surface area contributed by atoms with Crippen molar-refractivity contribution in [1.82, 2.24) is 10.2 Å². The zero-order chi connectivity index (χ0) is 12.1. The number of carbonyl (C=O) groups excluding carboxylic acids is 1. The van der Waals surface area contributed by atoms with Crippen LogP contribution in [0, 0.1) is 0 Å². The van der Waals surface area contributed by atoms with Crippen molar-refractivity contribution in [3.63, 3.8) is 0 Å². The van der Waals surface area contributed by atoms with Crippen LogP contribution in [0.5, 0.6) is 0 Å². The fourth-order valence-corrected chi connectivity index (χ4v) is 2.52. The standard InChI is InChI=1S/C13H24N2O2/c1-2-17-13(16)10-15(12-6-7-12)9-11-5-3-4-8-14-11/h11-12,14H,2-10H2,1H3. The predicted molar refractivity (Wildman–Crippen MR) is 66.9 cm³/mol. The number of hydrogen-bond acceptors (Lipinski definition) is 4. The van der Waals surface area contributed by atoms with Gasteiger partial charge in [-0.05, 0) is 39.2 Å². The van der Waals surface area contributed by atoms with Crippen LogP contribution in [0.4, 0.5) is 0 Å². The summed E-state index contributed by atoms with van der Waals surface area (Å²) in [6.07, 6.45) is 6.33. The van der Waals surface area contributed by atoms with Gasteiger partial charge >= 0.3 is 5.97 Å². The van der Waals surface area contributed by atoms with Crippen molar-refractivity contribution in [3.05, 3.63) is 0 Å². The molecule has 0 aromatic rings. The third kappa shape index (κ3) is 4.28. The number of hydrogen-bond donors (Lipinski definition) is 1. The number of nitrogens with one attached hydrogen (secondary N) is 1. The molecule has 1 N–H and O–H groups in total. The SMILES string of the molecule is CCOC(=O)CN(CC1CCCCN1)C1CC1. The summed E-state index contributed by atoms with van der Waals surface area (Å²) in [6, 6.07) is 1.20. The fraction of sp³-hybridized carbons (Fsp3) is 0.923. The van der Waals surface area contributed by atoms with Crippen molar-refractivity contribution in [1.29, 1.82) is 0 Å². The Morgan fingerprint density at radius 1 is 1.35 bits per heavy atom. The minimum Gasteiger partial charge on any atom is -0.465 e. The van der Waals surface area contributed by atoms with Crippen molar-refractivity contribution in [2.24, 2.45) is 0 Å². The Balaban J connectivity index is 1.77. The number of rotatable bonds is 6. The van der Waals surface area contributed by atoms with E-state index in [0.717, 1.165) is 13.1 Å². The topological polar surface area (TPSA) is 41.6 Å². The highest BCUT2D eigenvalue weighted by atomic mass is 16.5. The fourth-order valence-electron chi connectivity index (χ4n) is 2.52. The minimum absolute atomic E-state index is 0.0739. The van der Waals surface area contributed by atoms with Gasteiger partial charge in [0.1, 0.15) is 0 Å². The average Bonchev–Trinajstić information content (AvgIpc) is 3.14. The first-order valence-corrected chi connectivity index (χ1v) is 6.92. The molecule has 1 aliphatic carbocycles. The van der Waals surface area contributed by atoms with E-state index in [1.54, 1.807) is 0 Å². The third-order valence-corrected chi connectivity index (χ3v) is 3.57. The van der Waals surface area contributed by atoms with Crippen molar-refractivity contribution in [3.8, 4) is 0 Å². The van der Waals surface area contributed by atoms with E-state index in [9.17, 15) is 4.79 Å². The molecule has 4 nitrogen and oxygen atoms in total. The molecule has 2 aliphatic rings. The van der Waals surface area contributed by atoms with Gasteiger partial charge in [0.2, 0.25) is 0 Å². The molecule has 0 spiro atoms. The number of esters is 1. The van der Waals surface area contributed by atoms with Crippen LogP contribution in [0.1, 0.15) is 39.0 Å². The largest absolute Gasteiger partial charge is 0.465 e. The van der Waals surface area contributed by atoms with Gasteiger partial charge in [-0.1, -0.05) is 6.42 Å². The van der Waals surface area contributed by atoms with Gasteiger partial charge in [0.15, 0.2) is 0 Å². The highest BCUT2D eigenvalue weighted by molar-refractivity contribution is 5.71. The molecular formula is C13H24N2O2. The number of ether oxygens (including phenoxy) is 1. The van der Waals surface area contributed by atoms with E-state index in [0.29, 0.717) is 25.2 Å². The zero-order valence-corrected chi connectivity index (χ0v) is 10.8. The van der Waals surface area contributed by atoms with Crippen LogP contribution in [0.15, 0.2) is 0 Å². The second kappa shape index (κ2) is 6.36. The maximum absolute atomic E-state index is 11.5. The molecule has 1 saturated heterocycles. The molecule has 1 saturated carbocycles. The maximum Gasteiger partial charge on any atom is 0.320 e. The second-order valence-electron chi connectivity index (χ2n) is 5.11. The quantitative estimate of drug-likeness (QED) is 0.707. The Hall–Kier alpha value is -0.610. The van der Waals surface area contributed by atoms with Crippen LogP contribution in [-0.2, 0) is 9.53 Å². The molecule has 0 radical (unpaired) electrons. The molecular weight excluding hydrogens is 216 g/mol. The maximum atomic E-state index is 11.5. The average molecular weight is 240 g/mol. The molecule has 0 amide bonds. The van der Waals surface area contributed by atoms with Gasteiger partial charge in [0.05, 0.1) is 13.2 Å². The molecule has 17 heavy (non-hydrogen) atoms. The van der Waals surface area contributed by atoms with E-state index in [-0.39, 0.29) is 5.97 Å². The lowest BCUT2D eigenvalue weighted by Gasteiger charge is -2.30. The Morgan fingerprint density at radius 2 is 2.18 bits per heavy atom. The molecule has 1 aliphatic heterocycles. The molecule has 1 unspecified atom stereocenters. The lowest BCUT2D eigenvalue weighted by molar-refractivity contribution is -0.144. The van der Waals surface area contributed by atoms with Crippen molar-refractivity contribution in [2.75, 3.05) is 26.2 Å². The number of nitrogens with zero attached hydrogens (tertiary/aromatic N) is 1. The zero-order valence-electron chi connectivity index (χ0n) is 10.8. The first-order chi connectivity index (χ1) is 8.29. The van der Waals surface area contributed by atoms with Crippen molar-refractivity contribution >= 4 is 5.97 Å². The molecule has 98 valence electrons.